The van der Waals surface area contributed by atoms with E-state index in [9.17, 15) is 5.11 Å². The van der Waals surface area contributed by atoms with E-state index >= 15 is 0 Å². The second kappa shape index (κ2) is 10.4. The van der Waals surface area contributed by atoms with Gasteiger partial charge in [0.15, 0.2) is 5.82 Å². The molecule has 5 rings (SSSR count). The van der Waals surface area contributed by atoms with Gasteiger partial charge in [0.05, 0.1) is 22.0 Å². The molecule has 1 aromatic carbocycles. The summed E-state index contributed by atoms with van der Waals surface area (Å²) in [5.41, 5.74) is 6.65. The van der Waals surface area contributed by atoms with E-state index in [-0.39, 0.29) is 6.61 Å². The maximum Gasteiger partial charge on any atom is 0.163 e. The minimum Gasteiger partial charge on any atom is -0.491 e. The first-order chi connectivity index (χ1) is 17.7. The molecule has 0 bridgehead atoms. The van der Waals surface area contributed by atoms with Gasteiger partial charge in [0.2, 0.25) is 0 Å². The van der Waals surface area contributed by atoms with Crippen molar-refractivity contribution < 1.29 is 14.4 Å². The summed E-state index contributed by atoms with van der Waals surface area (Å²) in [5, 5.41) is 19.5. The summed E-state index contributed by atoms with van der Waals surface area (Å²) in [7, 11) is 1.78. The van der Waals surface area contributed by atoms with Crippen LogP contribution in [0.15, 0.2) is 33.9 Å². The van der Waals surface area contributed by atoms with Crippen LogP contribution >= 0.6 is 11.6 Å². The maximum absolute atomic E-state index is 10.0. The molecule has 0 amide bonds. The van der Waals surface area contributed by atoms with E-state index in [1.54, 1.807) is 19.2 Å². The lowest BCUT2D eigenvalue weighted by atomic mass is 10.0. The van der Waals surface area contributed by atoms with Crippen molar-refractivity contribution in [3.63, 3.8) is 0 Å². The fourth-order valence-electron chi connectivity index (χ4n) is 5.01. The summed E-state index contributed by atoms with van der Waals surface area (Å²) in [6.45, 7) is 9.47. The molecular weight excluding hydrogens is 494 g/mol. The molecule has 0 radical (unpaired) electrons. The summed E-state index contributed by atoms with van der Waals surface area (Å²) in [5.74, 6) is 8.62. The fourth-order valence-corrected chi connectivity index (χ4v) is 5.21. The number of halogens is 1. The zero-order valence-electron chi connectivity index (χ0n) is 21.5. The number of nitrogens with zero attached hydrogens (tertiary/aromatic N) is 5. The number of hydrazine groups is 1. The summed E-state index contributed by atoms with van der Waals surface area (Å²) < 4.78 is 11.3. The number of rotatable bonds is 8. The molecule has 2 aromatic heterocycles. The Balaban J connectivity index is 1.57. The van der Waals surface area contributed by atoms with Gasteiger partial charge in [-0.25, -0.2) is 15.0 Å². The van der Waals surface area contributed by atoms with Crippen LogP contribution in [0.25, 0.3) is 22.6 Å². The number of ether oxygens (including phenoxy) is 1. The first-order valence-electron chi connectivity index (χ1n) is 12.3. The molecule has 2 aliphatic heterocycles. The Labute approximate surface area is 221 Å². The summed E-state index contributed by atoms with van der Waals surface area (Å²) >= 11 is 6.66. The van der Waals surface area contributed by atoms with Gasteiger partial charge in [-0.2, -0.15) is 0 Å². The second-order valence-electron chi connectivity index (χ2n) is 9.68. The Hall–Kier alpha value is -3.02. The van der Waals surface area contributed by atoms with E-state index in [1.807, 2.05) is 31.8 Å². The van der Waals surface area contributed by atoms with E-state index in [1.165, 1.54) is 11.1 Å². The van der Waals surface area contributed by atoms with Crippen LogP contribution in [0.5, 0.6) is 5.75 Å². The van der Waals surface area contributed by atoms with Crippen molar-refractivity contribution in [3.8, 4) is 28.4 Å². The van der Waals surface area contributed by atoms with Crippen molar-refractivity contribution in [2.24, 2.45) is 5.84 Å². The van der Waals surface area contributed by atoms with Gasteiger partial charge in [0, 0.05) is 43.9 Å². The van der Waals surface area contributed by atoms with Crippen molar-refractivity contribution in [1.29, 1.82) is 0 Å². The van der Waals surface area contributed by atoms with Crippen LogP contribution in [0.1, 0.15) is 17.0 Å². The number of nitrogens with two attached hydrogens (primary N) is 1. The van der Waals surface area contributed by atoms with Gasteiger partial charge in [-0.15, -0.1) is 0 Å². The SMILES string of the molecule is CNCC(O)COc1ccc(Cl)c(-c2nc(-c3c(C)noc3C)c(C)c(N3CC4=C(CN(N)C4)C3)n2)c1. The van der Waals surface area contributed by atoms with Gasteiger partial charge in [0.25, 0.3) is 0 Å². The van der Waals surface area contributed by atoms with E-state index in [0.717, 1.165) is 54.5 Å². The van der Waals surface area contributed by atoms with Crippen LogP contribution in [0.4, 0.5) is 5.82 Å². The van der Waals surface area contributed by atoms with Crippen LogP contribution in [0, 0.1) is 20.8 Å². The first kappa shape index (κ1) is 25.6. The highest BCUT2D eigenvalue weighted by Crippen LogP contribution is 2.38. The van der Waals surface area contributed by atoms with E-state index < -0.39 is 6.10 Å². The lowest BCUT2D eigenvalue weighted by Crippen LogP contribution is -2.34. The Morgan fingerprint density at radius 1 is 1.16 bits per heavy atom. The topological polar surface area (TPSA) is 126 Å². The number of nitrogens with one attached hydrogen (secondary N) is 1. The third-order valence-electron chi connectivity index (χ3n) is 6.80. The quantitative estimate of drug-likeness (QED) is 0.298. The largest absolute Gasteiger partial charge is 0.491 e. The standard InChI is InChI=1S/C26H32ClN7O3/c1-14-24(23-15(2)32-37-16(23)3)30-25(31-26(14)33-9-17-11-34(28)12-18(17)10-33)21-7-20(5-6-22(21)27)36-13-19(35)8-29-4/h5-7,19,29,35H,8-13,28H2,1-4H3. The number of aryl methyl sites for hydroxylation is 2. The second-order valence-corrected chi connectivity index (χ2v) is 10.1. The Kier molecular flexibility index (Phi) is 7.19. The predicted octanol–water partition coefficient (Wildman–Crippen LogP) is 2.64. The van der Waals surface area contributed by atoms with E-state index in [0.29, 0.717) is 34.5 Å². The Morgan fingerprint density at radius 3 is 2.54 bits per heavy atom. The minimum absolute atomic E-state index is 0.148. The zero-order chi connectivity index (χ0) is 26.3. The molecule has 0 saturated heterocycles. The van der Waals surface area contributed by atoms with Gasteiger partial charge >= 0.3 is 0 Å². The van der Waals surface area contributed by atoms with Gasteiger partial charge < -0.3 is 24.6 Å². The lowest BCUT2D eigenvalue weighted by Gasteiger charge is -2.24. The predicted molar refractivity (Wildman–Crippen MR) is 143 cm³/mol. The number of aliphatic hydroxyl groups excluding tert-OH is 1. The van der Waals surface area contributed by atoms with Crippen molar-refractivity contribution in [2.75, 3.05) is 51.3 Å². The van der Waals surface area contributed by atoms with Crippen molar-refractivity contribution in [3.05, 3.63) is 51.4 Å². The fraction of sp³-hybridized carbons (Fsp3) is 0.423. The van der Waals surface area contributed by atoms with Crippen molar-refractivity contribution in [2.45, 2.75) is 26.9 Å². The third-order valence-corrected chi connectivity index (χ3v) is 7.13. The molecule has 10 nitrogen and oxygen atoms in total. The van der Waals surface area contributed by atoms with Crippen LogP contribution in [-0.2, 0) is 0 Å². The van der Waals surface area contributed by atoms with Crippen LogP contribution in [0.3, 0.4) is 0 Å². The van der Waals surface area contributed by atoms with Gasteiger partial charge in [-0.1, -0.05) is 16.8 Å². The lowest BCUT2D eigenvalue weighted by molar-refractivity contribution is 0.108. The summed E-state index contributed by atoms with van der Waals surface area (Å²) in [6.07, 6.45) is -0.633. The highest BCUT2D eigenvalue weighted by Gasteiger charge is 2.32. The molecular formula is C26H32ClN7O3. The Morgan fingerprint density at radius 2 is 1.89 bits per heavy atom. The first-order valence-corrected chi connectivity index (χ1v) is 12.6. The average Bonchev–Trinajstić information content (AvgIpc) is 3.51. The molecule has 196 valence electrons. The molecule has 0 fully saturated rings. The maximum atomic E-state index is 10.0. The van der Waals surface area contributed by atoms with Gasteiger partial charge in [0.1, 0.15) is 30.0 Å². The molecule has 1 atom stereocenters. The van der Waals surface area contributed by atoms with Gasteiger partial charge in [-0.05, 0) is 57.2 Å². The number of likely N-dealkylation sites (N-methyl/N-ethyl adjacent to an activating group) is 1. The van der Waals surface area contributed by atoms with Gasteiger partial charge in [-0.3, -0.25) is 5.84 Å². The number of aromatic nitrogens is 3. The number of hydrogen-bond donors (Lipinski definition) is 3. The monoisotopic (exact) mass is 525 g/mol. The van der Waals surface area contributed by atoms with Crippen LogP contribution in [0.2, 0.25) is 5.02 Å². The number of anilines is 1. The number of aliphatic hydroxyl groups is 1. The normalized spacial score (nSPS) is 16.6. The molecule has 4 N–H and O–H groups in total. The minimum atomic E-state index is -0.633. The Bertz CT molecular complexity index is 1320. The van der Waals surface area contributed by atoms with E-state index in [2.05, 4.69) is 15.4 Å². The number of hydrogen-bond acceptors (Lipinski definition) is 10. The molecule has 0 spiro atoms. The third kappa shape index (κ3) is 5.07. The molecule has 1 unspecified atom stereocenters. The highest BCUT2D eigenvalue weighted by atomic mass is 35.5. The smallest absolute Gasteiger partial charge is 0.163 e. The average molecular weight is 526 g/mol. The number of benzene rings is 1. The highest BCUT2D eigenvalue weighted by molar-refractivity contribution is 6.33. The van der Waals surface area contributed by atoms with Crippen molar-refractivity contribution >= 4 is 17.4 Å². The molecule has 0 saturated carbocycles. The molecule has 2 aliphatic rings. The molecule has 3 aromatic rings. The van der Waals surface area contributed by atoms with E-state index in [4.69, 9.17) is 36.7 Å². The zero-order valence-corrected chi connectivity index (χ0v) is 22.3. The summed E-state index contributed by atoms with van der Waals surface area (Å²) in [6, 6.07) is 5.35. The molecule has 0 aliphatic carbocycles. The van der Waals surface area contributed by atoms with Crippen molar-refractivity contribution in [1.82, 2.24) is 25.5 Å². The molecule has 4 heterocycles. The molecule has 37 heavy (non-hydrogen) atoms. The summed E-state index contributed by atoms with van der Waals surface area (Å²) in [4.78, 5) is 12.3. The van der Waals surface area contributed by atoms with Crippen LogP contribution in [-0.4, -0.2) is 77.7 Å². The van der Waals surface area contributed by atoms with Crippen LogP contribution < -0.4 is 20.8 Å². The molecule has 11 heteroatoms.